The topological polar surface area (TPSA) is 70.8 Å². The first-order valence-electron chi connectivity index (χ1n) is 6.84. The Morgan fingerprint density at radius 3 is 2.17 bits per heavy atom. The highest BCUT2D eigenvalue weighted by Gasteiger charge is 2.16. The highest BCUT2D eigenvalue weighted by molar-refractivity contribution is 7.99. The van der Waals surface area contributed by atoms with Crippen LogP contribution in [0.2, 0.25) is 0 Å². The van der Waals surface area contributed by atoms with Gasteiger partial charge in [-0.05, 0) is 48.5 Å². The Balaban J connectivity index is 2.09. The van der Waals surface area contributed by atoms with Crippen molar-refractivity contribution in [3.05, 3.63) is 60.2 Å². The van der Waals surface area contributed by atoms with E-state index in [0.717, 1.165) is 11.8 Å². The zero-order chi connectivity index (χ0) is 17.1. The van der Waals surface area contributed by atoms with Crippen molar-refractivity contribution in [2.75, 3.05) is 5.75 Å². The molecule has 0 aliphatic rings. The van der Waals surface area contributed by atoms with Crippen molar-refractivity contribution in [1.82, 2.24) is 14.8 Å². The lowest BCUT2D eigenvalue weighted by Crippen LogP contribution is -2.24. The molecule has 122 valence electrons. The third-order valence-corrected chi connectivity index (χ3v) is 4.04. The summed E-state index contributed by atoms with van der Waals surface area (Å²) in [6.07, 6.45) is 0. The molecule has 0 aliphatic heterocycles. The second kappa shape index (κ2) is 6.79. The van der Waals surface area contributed by atoms with Crippen molar-refractivity contribution in [1.29, 1.82) is 0 Å². The maximum Gasteiger partial charge on any atom is 0.196 e. The van der Waals surface area contributed by atoms with E-state index in [-0.39, 0.29) is 5.75 Å². The van der Waals surface area contributed by atoms with E-state index >= 15 is 0 Å². The summed E-state index contributed by atoms with van der Waals surface area (Å²) < 4.78 is 27.9. The number of aliphatic carboxylic acids is 1. The molecule has 2 aromatic carbocycles. The Kier molecular flexibility index (Phi) is 4.57. The third kappa shape index (κ3) is 3.43. The molecule has 3 aromatic rings. The van der Waals surface area contributed by atoms with Crippen LogP contribution in [0.4, 0.5) is 8.78 Å². The van der Waals surface area contributed by atoms with E-state index in [4.69, 9.17) is 0 Å². The van der Waals surface area contributed by atoms with Gasteiger partial charge in [0.05, 0.1) is 5.97 Å². The van der Waals surface area contributed by atoms with Crippen molar-refractivity contribution in [2.24, 2.45) is 0 Å². The van der Waals surface area contributed by atoms with Gasteiger partial charge in [0.1, 0.15) is 11.6 Å². The quantitative estimate of drug-likeness (QED) is 0.661. The number of aromatic nitrogens is 3. The fourth-order valence-electron chi connectivity index (χ4n) is 2.10. The number of benzene rings is 2. The molecule has 0 aliphatic carbocycles. The van der Waals surface area contributed by atoms with E-state index in [1.165, 1.54) is 48.5 Å². The summed E-state index contributed by atoms with van der Waals surface area (Å²) in [5, 5.41) is 19.0. The molecular weight excluding hydrogens is 336 g/mol. The molecule has 0 bridgehead atoms. The standard InChI is InChI=1S/C16H11F2N3O2S/c17-11-3-1-10(2-4-11)15-19-20-16(24-9-14(22)23)21(15)13-7-5-12(18)6-8-13/h1-8H,9H2,(H,22,23)/p-1. The molecule has 5 nitrogen and oxygen atoms in total. The minimum atomic E-state index is -1.24. The average Bonchev–Trinajstić information content (AvgIpc) is 2.98. The van der Waals surface area contributed by atoms with E-state index in [1.54, 1.807) is 4.57 Å². The van der Waals surface area contributed by atoms with E-state index in [0.29, 0.717) is 22.2 Å². The molecule has 0 fully saturated rings. The molecule has 24 heavy (non-hydrogen) atoms. The maximum atomic E-state index is 13.2. The summed E-state index contributed by atoms with van der Waals surface area (Å²) in [5.41, 5.74) is 1.15. The Morgan fingerprint density at radius 1 is 1.00 bits per heavy atom. The molecule has 0 radical (unpaired) electrons. The van der Waals surface area contributed by atoms with Crippen molar-refractivity contribution in [3.8, 4) is 17.1 Å². The van der Waals surface area contributed by atoms with Gasteiger partial charge in [-0.15, -0.1) is 10.2 Å². The number of hydrogen-bond donors (Lipinski definition) is 0. The molecule has 0 atom stereocenters. The van der Waals surface area contributed by atoms with Crippen molar-refractivity contribution >= 4 is 17.7 Å². The van der Waals surface area contributed by atoms with Crippen LogP contribution in [-0.4, -0.2) is 26.5 Å². The molecule has 3 rings (SSSR count). The largest absolute Gasteiger partial charge is 0.549 e. The number of thioether (sulfide) groups is 1. The molecular formula is C16H10F2N3O2S-. The second-order valence-corrected chi connectivity index (χ2v) is 5.73. The van der Waals surface area contributed by atoms with Gasteiger partial charge < -0.3 is 9.90 Å². The Bertz CT molecular complexity index is 864. The summed E-state index contributed by atoms with van der Waals surface area (Å²) in [5.74, 6) is -1.94. The predicted octanol–water partition coefficient (Wildman–Crippen LogP) is 2.05. The predicted molar refractivity (Wildman–Crippen MR) is 82.4 cm³/mol. The summed E-state index contributed by atoms with van der Waals surface area (Å²) in [6, 6.07) is 11.2. The Labute approximate surface area is 140 Å². The zero-order valence-electron chi connectivity index (χ0n) is 12.1. The summed E-state index contributed by atoms with van der Waals surface area (Å²) in [6.45, 7) is 0. The van der Waals surface area contributed by atoms with Gasteiger partial charge in [-0.1, -0.05) is 11.8 Å². The molecule has 0 saturated carbocycles. The first kappa shape index (κ1) is 16.1. The first-order valence-corrected chi connectivity index (χ1v) is 7.83. The molecule has 0 N–H and O–H groups in total. The van der Waals surface area contributed by atoms with E-state index in [1.807, 2.05) is 0 Å². The van der Waals surface area contributed by atoms with Crippen LogP contribution < -0.4 is 5.11 Å². The summed E-state index contributed by atoms with van der Waals surface area (Å²) in [7, 11) is 0. The normalized spacial score (nSPS) is 10.8. The van der Waals surface area contributed by atoms with Crippen LogP contribution in [0.1, 0.15) is 0 Å². The molecule has 0 unspecified atom stereocenters. The SMILES string of the molecule is O=C([O-])CSc1nnc(-c2ccc(F)cc2)n1-c1ccc(F)cc1. The van der Waals surface area contributed by atoms with E-state index in [9.17, 15) is 18.7 Å². The zero-order valence-corrected chi connectivity index (χ0v) is 13.0. The van der Waals surface area contributed by atoms with Gasteiger partial charge in [-0.2, -0.15) is 0 Å². The number of rotatable bonds is 5. The lowest BCUT2D eigenvalue weighted by atomic mass is 10.2. The Morgan fingerprint density at radius 2 is 1.58 bits per heavy atom. The van der Waals surface area contributed by atoms with Gasteiger partial charge in [0.2, 0.25) is 0 Å². The van der Waals surface area contributed by atoms with Gasteiger partial charge in [0, 0.05) is 17.0 Å². The van der Waals surface area contributed by atoms with E-state index < -0.39 is 17.6 Å². The van der Waals surface area contributed by atoms with Crippen LogP contribution in [0, 0.1) is 11.6 Å². The van der Waals surface area contributed by atoms with Crippen LogP contribution in [0.15, 0.2) is 53.7 Å². The summed E-state index contributed by atoms with van der Waals surface area (Å²) in [4.78, 5) is 10.7. The van der Waals surface area contributed by atoms with Gasteiger partial charge in [-0.25, -0.2) is 8.78 Å². The van der Waals surface area contributed by atoms with Crippen molar-refractivity contribution < 1.29 is 18.7 Å². The minimum absolute atomic E-state index is 0.303. The van der Waals surface area contributed by atoms with Crippen molar-refractivity contribution in [3.63, 3.8) is 0 Å². The van der Waals surface area contributed by atoms with Crippen molar-refractivity contribution in [2.45, 2.75) is 5.16 Å². The van der Waals surface area contributed by atoms with Gasteiger partial charge in [0.25, 0.3) is 0 Å². The molecule has 1 aromatic heterocycles. The van der Waals surface area contributed by atoms with Crippen LogP contribution in [0.25, 0.3) is 17.1 Å². The molecule has 0 spiro atoms. The van der Waals surface area contributed by atoms with Crippen LogP contribution in [0.3, 0.4) is 0 Å². The number of nitrogens with zero attached hydrogens (tertiary/aromatic N) is 3. The average molecular weight is 346 g/mol. The molecule has 8 heteroatoms. The van der Waals surface area contributed by atoms with E-state index in [2.05, 4.69) is 10.2 Å². The fraction of sp³-hybridized carbons (Fsp3) is 0.0625. The number of carbonyl (C=O) groups is 1. The third-order valence-electron chi connectivity index (χ3n) is 3.14. The number of carboxylic acid groups (broad SMARTS) is 1. The summed E-state index contributed by atoms with van der Waals surface area (Å²) >= 11 is 0.932. The Hall–Kier alpha value is -2.74. The van der Waals surface area contributed by atoms with Gasteiger partial charge >= 0.3 is 0 Å². The lowest BCUT2D eigenvalue weighted by molar-refractivity contribution is -0.301. The van der Waals surface area contributed by atoms with Crippen LogP contribution >= 0.6 is 11.8 Å². The number of hydrogen-bond acceptors (Lipinski definition) is 5. The highest BCUT2D eigenvalue weighted by atomic mass is 32.2. The molecule has 0 amide bonds. The molecule has 1 heterocycles. The monoisotopic (exact) mass is 346 g/mol. The van der Waals surface area contributed by atoms with Gasteiger partial charge in [0.15, 0.2) is 11.0 Å². The van der Waals surface area contributed by atoms with Crippen LogP contribution in [-0.2, 0) is 4.79 Å². The smallest absolute Gasteiger partial charge is 0.196 e. The minimum Gasteiger partial charge on any atom is -0.549 e. The lowest BCUT2D eigenvalue weighted by Gasteiger charge is -2.10. The first-order chi connectivity index (χ1) is 11.5. The van der Waals surface area contributed by atoms with Crippen LogP contribution in [0.5, 0.6) is 0 Å². The molecule has 0 saturated heterocycles. The maximum absolute atomic E-state index is 13.2. The number of halogens is 2. The number of carbonyl (C=O) groups excluding carboxylic acids is 1. The van der Waals surface area contributed by atoms with Gasteiger partial charge in [-0.3, -0.25) is 4.57 Å². The number of carboxylic acids is 1. The fourth-order valence-corrected chi connectivity index (χ4v) is 2.76. The highest BCUT2D eigenvalue weighted by Crippen LogP contribution is 2.28. The second-order valence-electron chi connectivity index (χ2n) is 4.79.